The number of fused-ring (bicyclic) bond motifs is 1. The van der Waals surface area contributed by atoms with E-state index in [0.29, 0.717) is 42.6 Å². The summed E-state index contributed by atoms with van der Waals surface area (Å²) in [5.74, 6) is 1.04. The molecule has 8 heteroatoms. The van der Waals surface area contributed by atoms with E-state index >= 15 is 0 Å². The SMILES string of the molecule is O=C(CCC(=O)N1CCN(C(=O)[C@@H]2COc3ccccc3O2)CC1)c1cccs1. The highest BCUT2D eigenvalue weighted by Gasteiger charge is 2.33. The summed E-state index contributed by atoms with van der Waals surface area (Å²) in [6.45, 7) is 2.00. The second-order valence-corrected chi connectivity index (χ2v) is 7.92. The fourth-order valence-electron chi connectivity index (χ4n) is 3.46. The van der Waals surface area contributed by atoms with Gasteiger partial charge in [-0.15, -0.1) is 11.3 Å². The maximum absolute atomic E-state index is 12.8. The van der Waals surface area contributed by atoms with Gasteiger partial charge in [0.05, 0.1) is 4.88 Å². The Morgan fingerprint density at radius 2 is 1.66 bits per heavy atom. The molecule has 0 saturated carbocycles. The maximum atomic E-state index is 12.8. The molecule has 0 radical (unpaired) electrons. The van der Waals surface area contributed by atoms with Crippen LogP contribution in [0.4, 0.5) is 0 Å². The summed E-state index contributed by atoms with van der Waals surface area (Å²) in [6, 6.07) is 10.9. The summed E-state index contributed by atoms with van der Waals surface area (Å²) in [5.41, 5.74) is 0. The number of carbonyl (C=O) groups excluding carboxylic acids is 3. The number of para-hydroxylation sites is 2. The van der Waals surface area contributed by atoms with Gasteiger partial charge in [-0.1, -0.05) is 18.2 Å². The molecule has 2 aromatic rings. The van der Waals surface area contributed by atoms with E-state index in [1.165, 1.54) is 11.3 Å². The molecule has 152 valence electrons. The Morgan fingerprint density at radius 3 is 2.38 bits per heavy atom. The first-order chi connectivity index (χ1) is 14.1. The quantitative estimate of drug-likeness (QED) is 0.702. The van der Waals surface area contributed by atoms with Gasteiger partial charge in [-0.25, -0.2) is 0 Å². The van der Waals surface area contributed by atoms with Crippen LogP contribution in [-0.2, 0) is 9.59 Å². The van der Waals surface area contributed by atoms with Gasteiger partial charge in [-0.3, -0.25) is 14.4 Å². The molecule has 1 saturated heterocycles. The van der Waals surface area contributed by atoms with E-state index in [-0.39, 0.29) is 37.0 Å². The van der Waals surface area contributed by atoms with E-state index in [1.54, 1.807) is 21.9 Å². The first kappa shape index (κ1) is 19.4. The van der Waals surface area contributed by atoms with Crippen molar-refractivity contribution < 1.29 is 23.9 Å². The van der Waals surface area contributed by atoms with Crippen LogP contribution in [-0.4, -0.2) is 66.3 Å². The molecule has 2 aliphatic heterocycles. The molecule has 1 aromatic heterocycles. The lowest BCUT2D eigenvalue weighted by atomic mass is 10.1. The molecule has 0 spiro atoms. The fraction of sp³-hybridized carbons (Fsp3) is 0.381. The first-order valence-corrected chi connectivity index (χ1v) is 10.5. The van der Waals surface area contributed by atoms with Crippen LogP contribution < -0.4 is 9.47 Å². The Balaban J connectivity index is 1.24. The molecule has 0 N–H and O–H groups in total. The van der Waals surface area contributed by atoms with Crippen LogP contribution in [0.5, 0.6) is 11.5 Å². The monoisotopic (exact) mass is 414 g/mol. The summed E-state index contributed by atoms with van der Waals surface area (Å²) in [4.78, 5) is 41.4. The number of ether oxygens (including phenoxy) is 2. The van der Waals surface area contributed by atoms with E-state index < -0.39 is 6.10 Å². The second-order valence-electron chi connectivity index (χ2n) is 6.97. The van der Waals surface area contributed by atoms with Crippen molar-refractivity contribution in [3.63, 3.8) is 0 Å². The molecular formula is C21H22N2O5S. The molecule has 4 rings (SSSR count). The van der Waals surface area contributed by atoms with Gasteiger partial charge >= 0.3 is 0 Å². The average Bonchev–Trinajstić information content (AvgIpc) is 3.31. The van der Waals surface area contributed by atoms with Crippen LogP contribution in [0.15, 0.2) is 41.8 Å². The number of ketones is 1. The number of carbonyl (C=O) groups is 3. The van der Waals surface area contributed by atoms with E-state index in [1.807, 2.05) is 29.6 Å². The van der Waals surface area contributed by atoms with Crippen molar-refractivity contribution in [1.29, 1.82) is 0 Å². The zero-order valence-electron chi connectivity index (χ0n) is 15.9. The molecule has 0 aliphatic carbocycles. The normalized spacial score (nSPS) is 18.4. The first-order valence-electron chi connectivity index (χ1n) is 9.63. The smallest absolute Gasteiger partial charge is 0.267 e. The topological polar surface area (TPSA) is 76.2 Å². The Bertz CT molecular complexity index is 890. The van der Waals surface area contributed by atoms with Crippen LogP contribution in [0.25, 0.3) is 0 Å². The van der Waals surface area contributed by atoms with Crippen molar-refractivity contribution in [3.05, 3.63) is 46.7 Å². The van der Waals surface area contributed by atoms with Crippen molar-refractivity contribution in [2.24, 2.45) is 0 Å². The third kappa shape index (κ3) is 4.42. The van der Waals surface area contributed by atoms with E-state index in [0.717, 1.165) is 0 Å². The predicted molar refractivity (Wildman–Crippen MR) is 107 cm³/mol. The fourth-order valence-corrected chi connectivity index (χ4v) is 4.15. The van der Waals surface area contributed by atoms with Crippen LogP contribution in [0, 0.1) is 0 Å². The van der Waals surface area contributed by atoms with Crippen molar-refractivity contribution in [2.75, 3.05) is 32.8 Å². The van der Waals surface area contributed by atoms with Crippen LogP contribution in [0.2, 0.25) is 0 Å². The Kier molecular flexibility index (Phi) is 5.80. The Hall–Kier alpha value is -2.87. The number of hydrogen-bond acceptors (Lipinski definition) is 6. The van der Waals surface area contributed by atoms with Crippen LogP contribution >= 0.6 is 11.3 Å². The number of nitrogens with zero attached hydrogens (tertiary/aromatic N) is 2. The molecule has 2 aliphatic rings. The van der Waals surface area contributed by atoms with Crippen molar-refractivity contribution >= 4 is 28.9 Å². The van der Waals surface area contributed by atoms with Gasteiger partial charge < -0.3 is 19.3 Å². The van der Waals surface area contributed by atoms with Crippen LogP contribution in [0.3, 0.4) is 0 Å². The van der Waals surface area contributed by atoms with Gasteiger partial charge in [0.25, 0.3) is 5.91 Å². The molecule has 3 heterocycles. The van der Waals surface area contributed by atoms with Gasteiger partial charge in [0, 0.05) is 39.0 Å². The van der Waals surface area contributed by atoms with E-state index in [4.69, 9.17) is 9.47 Å². The standard InChI is InChI=1S/C21H22N2O5S/c24-15(19-6-3-13-29-19)7-8-20(25)22-9-11-23(12-10-22)21(26)18-14-27-16-4-1-2-5-17(16)28-18/h1-6,13,18H,7-12,14H2/t18-/m0/s1. The summed E-state index contributed by atoms with van der Waals surface area (Å²) in [7, 11) is 0. The third-order valence-electron chi connectivity index (χ3n) is 5.09. The molecule has 7 nitrogen and oxygen atoms in total. The zero-order valence-corrected chi connectivity index (χ0v) is 16.7. The number of thiophene rings is 1. The van der Waals surface area contributed by atoms with Crippen LogP contribution in [0.1, 0.15) is 22.5 Å². The molecule has 0 bridgehead atoms. The number of rotatable bonds is 5. The molecule has 1 aromatic carbocycles. The van der Waals surface area contributed by atoms with Gasteiger partial charge in [0.2, 0.25) is 12.0 Å². The van der Waals surface area contributed by atoms with Crippen molar-refractivity contribution in [1.82, 2.24) is 9.80 Å². The van der Waals surface area contributed by atoms with Gasteiger partial charge in [-0.2, -0.15) is 0 Å². The Labute approximate surface area is 172 Å². The van der Waals surface area contributed by atoms with Gasteiger partial charge in [-0.05, 0) is 23.6 Å². The lowest BCUT2D eigenvalue weighted by molar-refractivity contribution is -0.146. The van der Waals surface area contributed by atoms with Crippen molar-refractivity contribution in [3.8, 4) is 11.5 Å². The highest BCUT2D eigenvalue weighted by Crippen LogP contribution is 2.31. The highest BCUT2D eigenvalue weighted by molar-refractivity contribution is 7.12. The van der Waals surface area contributed by atoms with Gasteiger partial charge in [0.15, 0.2) is 17.3 Å². The number of benzene rings is 1. The number of piperazine rings is 1. The zero-order chi connectivity index (χ0) is 20.2. The summed E-state index contributed by atoms with van der Waals surface area (Å²) < 4.78 is 11.4. The average molecular weight is 414 g/mol. The van der Waals surface area contributed by atoms with Crippen molar-refractivity contribution in [2.45, 2.75) is 18.9 Å². The lowest BCUT2D eigenvalue weighted by Gasteiger charge is -2.37. The molecule has 1 fully saturated rings. The molecule has 29 heavy (non-hydrogen) atoms. The summed E-state index contributed by atoms with van der Waals surface area (Å²) >= 11 is 1.39. The largest absolute Gasteiger partial charge is 0.485 e. The molecule has 0 unspecified atom stereocenters. The van der Waals surface area contributed by atoms with E-state index in [2.05, 4.69) is 0 Å². The minimum absolute atomic E-state index is 0.00288. The highest BCUT2D eigenvalue weighted by atomic mass is 32.1. The molecular weight excluding hydrogens is 392 g/mol. The van der Waals surface area contributed by atoms with Gasteiger partial charge in [0.1, 0.15) is 6.61 Å². The number of Topliss-reactive ketones (excluding diaryl/α,β-unsaturated/α-hetero) is 1. The maximum Gasteiger partial charge on any atom is 0.267 e. The second kappa shape index (κ2) is 8.65. The summed E-state index contributed by atoms with van der Waals surface area (Å²) in [5, 5.41) is 1.85. The minimum Gasteiger partial charge on any atom is -0.485 e. The minimum atomic E-state index is -0.671. The number of hydrogen-bond donors (Lipinski definition) is 0. The van der Waals surface area contributed by atoms with E-state index in [9.17, 15) is 14.4 Å². The summed E-state index contributed by atoms with van der Waals surface area (Å²) in [6.07, 6.45) is -0.262. The third-order valence-corrected chi connectivity index (χ3v) is 6.00. The molecule has 2 amide bonds. The number of amides is 2. The molecule has 1 atom stereocenters. The predicted octanol–water partition coefficient (Wildman–Crippen LogP) is 2.22. The Morgan fingerprint density at radius 1 is 0.931 bits per heavy atom. The lowest BCUT2D eigenvalue weighted by Crippen LogP contribution is -2.55.